The third-order valence-corrected chi connectivity index (χ3v) is 6.80. The lowest BCUT2D eigenvalue weighted by Gasteiger charge is -2.36. The lowest BCUT2D eigenvalue weighted by molar-refractivity contribution is 0.100. The molecule has 3 aromatic heterocycles. The molecule has 3 aromatic rings. The van der Waals surface area contributed by atoms with Crippen LogP contribution in [0.3, 0.4) is 0 Å². The first-order valence-electron chi connectivity index (χ1n) is 8.22. The summed E-state index contributed by atoms with van der Waals surface area (Å²) in [6.45, 7) is 6.81. The molecule has 1 amide bonds. The second-order valence-electron chi connectivity index (χ2n) is 7.55. The third kappa shape index (κ3) is 2.53. The van der Waals surface area contributed by atoms with Gasteiger partial charge < -0.3 is 11.5 Å². The molecule has 0 aromatic carbocycles. The van der Waals surface area contributed by atoms with Crippen molar-refractivity contribution in [1.82, 2.24) is 9.97 Å². The van der Waals surface area contributed by atoms with Crippen molar-refractivity contribution >= 4 is 44.5 Å². The predicted molar refractivity (Wildman–Crippen MR) is 104 cm³/mol. The van der Waals surface area contributed by atoms with E-state index in [4.69, 9.17) is 16.5 Å². The second kappa shape index (κ2) is 5.51. The summed E-state index contributed by atoms with van der Waals surface area (Å²) in [5, 5.41) is 0.855. The molecule has 1 unspecified atom stereocenters. The molecule has 0 saturated carbocycles. The number of aromatic nitrogens is 2. The number of hydrogen-bond acceptors (Lipinski definition) is 6. The van der Waals surface area contributed by atoms with Crippen LogP contribution in [0, 0.1) is 5.41 Å². The van der Waals surface area contributed by atoms with E-state index in [0.29, 0.717) is 16.5 Å². The first-order valence-corrected chi connectivity index (χ1v) is 9.91. The molecule has 1 aliphatic rings. The minimum atomic E-state index is -0.498. The van der Waals surface area contributed by atoms with Gasteiger partial charge in [0.05, 0.1) is 16.1 Å². The van der Waals surface area contributed by atoms with Crippen molar-refractivity contribution in [2.24, 2.45) is 11.1 Å². The SMILES string of the molecule is CC1CC(C)(C)Cc2nc3sc(C(N)=O)c(N)c3c(-c3cncs3)c21. The van der Waals surface area contributed by atoms with Gasteiger partial charge in [-0.2, -0.15) is 0 Å². The molecule has 0 fully saturated rings. The Bertz CT molecular complexity index is 989. The number of thiophene rings is 1. The predicted octanol–water partition coefficient (Wildman–Crippen LogP) is 4.18. The molecule has 0 saturated heterocycles. The van der Waals surface area contributed by atoms with E-state index < -0.39 is 5.91 Å². The third-order valence-electron chi connectivity index (χ3n) is 4.89. The first kappa shape index (κ1) is 16.5. The van der Waals surface area contributed by atoms with Gasteiger partial charge in [-0.25, -0.2) is 4.98 Å². The molecule has 1 atom stereocenters. The Balaban J connectivity index is 2.13. The number of rotatable bonds is 2. The fourth-order valence-corrected chi connectivity index (χ4v) is 5.78. The molecule has 0 radical (unpaired) electrons. The Morgan fingerprint density at radius 1 is 1.40 bits per heavy atom. The van der Waals surface area contributed by atoms with E-state index in [1.165, 1.54) is 16.9 Å². The number of carbonyl (C=O) groups is 1. The average Bonchev–Trinajstić information content (AvgIpc) is 3.12. The Morgan fingerprint density at radius 3 is 2.80 bits per heavy atom. The summed E-state index contributed by atoms with van der Waals surface area (Å²) in [4.78, 5) is 23.2. The summed E-state index contributed by atoms with van der Waals surface area (Å²) in [6.07, 6.45) is 3.87. The van der Waals surface area contributed by atoms with E-state index >= 15 is 0 Å². The van der Waals surface area contributed by atoms with Gasteiger partial charge in [0.2, 0.25) is 0 Å². The van der Waals surface area contributed by atoms with E-state index in [1.807, 2.05) is 11.7 Å². The van der Waals surface area contributed by atoms with Crippen molar-refractivity contribution in [3.05, 3.63) is 27.8 Å². The highest BCUT2D eigenvalue weighted by atomic mass is 32.1. The molecule has 25 heavy (non-hydrogen) atoms. The summed E-state index contributed by atoms with van der Waals surface area (Å²) >= 11 is 2.88. The number of primary amides is 1. The van der Waals surface area contributed by atoms with Gasteiger partial charge in [-0.05, 0) is 29.7 Å². The summed E-state index contributed by atoms with van der Waals surface area (Å²) in [5.74, 6) is -0.133. The number of fused-ring (bicyclic) bond motifs is 2. The van der Waals surface area contributed by atoms with Gasteiger partial charge in [-0.15, -0.1) is 22.7 Å². The van der Waals surface area contributed by atoms with Gasteiger partial charge in [0.15, 0.2) is 0 Å². The van der Waals surface area contributed by atoms with Crippen LogP contribution in [0.2, 0.25) is 0 Å². The minimum Gasteiger partial charge on any atom is -0.397 e. The highest BCUT2D eigenvalue weighted by Crippen LogP contribution is 2.50. The molecule has 130 valence electrons. The lowest BCUT2D eigenvalue weighted by Crippen LogP contribution is -2.26. The maximum atomic E-state index is 11.8. The number of nitrogens with two attached hydrogens (primary N) is 2. The van der Waals surface area contributed by atoms with Crippen LogP contribution >= 0.6 is 22.7 Å². The molecule has 0 aliphatic heterocycles. The van der Waals surface area contributed by atoms with Crippen molar-refractivity contribution in [2.45, 2.75) is 39.5 Å². The minimum absolute atomic E-state index is 0.202. The summed E-state index contributed by atoms with van der Waals surface area (Å²) in [6, 6.07) is 0. The van der Waals surface area contributed by atoms with Gasteiger partial charge in [0.1, 0.15) is 9.71 Å². The standard InChI is InChI=1S/C18H20N4OS2/c1-8-4-18(2,3)5-9-11(8)12(10-6-21-7-24-10)13-14(19)15(16(20)23)25-17(13)22-9/h6-8H,4-5,19H2,1-3H3,(H2,20,23). The fraction of sp³-hybridized carbons (Fsp3) is 0.389. The number of pyridine rings is 1. The highest BCUT2D eigenvalue weighted by Gasteiger charge is 2.35. The highest BCUT2D eigenvalue weighted by molar-refractivity contribution is 7.21. The Morgan fingerprint density at radius 2 is 2.16 bits per heavy atom. The number of nitrogen functional groups attached to an aromatic ring is 1. The molecule has 3 heterocycles. The van der Waals surface area contributed by atoms with Crippen molar-refractivity contribution in [3.8, 4) is 10.4 Å². The van der Waals surface area contributed by atoms with Crippen molar-refractivity contribution in [3.63, 3.8) is 0 Å². The molecule has 7 heteroatoms. The molecular formula is C18H20N4OS2. The molecule has 4 rings (SSSR count). The van der Waals surface area contributed by atoms with Crippen LogP contribution in [0.15, 0.2) is 11.7 Å². The summed E-state index contributed by atoms with van der Waals surface area (Å²) < 4.78 is 0. The van der Waals surface area contributed by atoms with Crippen LogP contribution in [-0.4, -0.2) is 15.9 Å². The van der Waals surface area contributed by atoms with E-state index in [-0.39, 0.29) is 5.41 Å². The molecule has 4 N–H and O–H groups in total. The van der Waals surface area contributed by atoms with E-state index in [0.717, 1.165) is 39.2 Å². The Kier molecular flexibility index (Phi) is 3.63. The van der Waals surface area contributed by atoms with Gasteiger partial charge in [0.25, 0.3) is 5.91 Å². The van der Waals surface area contributed by atoms with Crippen LogP contribution in [0.25, 0.3) is 20.7 Å². The monoisotopic (exact) mass is 372 g/mol. The summed E-state index contributed by atoms with van der Waals surface area (Å²) in [5.41, 5.74) is 17.8. The first-order chi connectivity index (χ1) is 11.8. The van der Waals surface area contributed by atoms with E-state index in [2.05, 4.69) is 25.8 Å². The molecule has 5 nitrogen and oxygen atoms in total. The zero-order chi connectivity index (χ0) is 17.9. The molecule has 0 spiro atoms. The molecule has 1 aliphatic carbocycles. The van der Waals surface area contributed by atoms with Crippen molar-refractivity contribution < 1.29 is 4.79 Å². The maximum Gasteiger partial charge on any atom is 0.260 e. The van der Waals surface area contributed by atoms with Gasteiger partial charge in [0, 0.05) is 22.8 Å². The fourth-order valence-electron chi connectivity index (χ4n) is 4.11. The second-order valence-corrected chi connectivity index (χ2v) is 9.43. The van der Waals surface area contributed by atoms with E-state index in [1.54, 1.807) is 11.3 Å². The van der Waals surface area contributed by atoms with Crippen molar-refractivity contribution in [1.29, 1.82) is 0 Å². The smallest absolute Gasteiger partial charge is 0.260 e. The Labute approximate surface area is 154 Å². The number of thiazole rings is 1. The number of hydrogen-bond donors (Lipinski definition) is 2. The topological polar surface area (TPSA) is 94.9 Å². The van der Waals surface area contributed by atoms with Crippen LogP contribution < -0.4 is 11.5 Å². The molecule has 0 bridgehead atoms. The van der Waals surface area contributed by atoms with Crippen LogP contribution in [0.4, 0.5) is 5.69 Å². The quantitative estimate of drug-likeness (QED) is 0.705. The largest absolute Gasteiger partial charge is 0.397 e. The van der Waals surface area contributed by atoms with Gasteiger partial charge >= 0.3 is 0 Å². The van der Waals surface area contributed by atoms with E-state index in [9.17, 15) is 4.79 Å². The van der Waals surface area contributed by atoms with Crippen LogP contribution in [0.5, 0.6) is 0 Å². The number of nitrogens with zero attached hydrogens (tertiary/aromatic N) is 2. The van der Waals surface area contributed by atoms with Crippen LogP contribution in [0.1, 0.15) is 54.0 Å². The van der Waals surface area contributed by atoms with Gasteiger partial charge in [-0.1, -0.05) is 20.8 Å². The average molecular weight is 373 g/mol. The lowest BCUT2D eigenvalue weighted by atomic mass is 9.70. The van der Waals surface area contributed by atoms with Crippen LogP contribution in [-0.2, 0) is 6.42 Å². The van der Waals surface area contributed by atoms with Crippen molar-refractivity contribution in [2.75, 3.05) is 5.73 Å². The normalized spacial score (nSPS) is 19.1. The number of anilines is 1. The maximum absolute atomic E-state index is 11.8. The van der Waals surface area contributed by atoms with Gasteiger partial charge in [-0.3, -0.25) is 9.78 Å². The molecular weight excluding hydrogens is 352 g/mol. The number of amides is 1. The summed E-state index contributed by atoms with van der Waals surface area (Å²) in [7, 11) is 0. The Hall–Kier alpha value is -1.99. The number of carbonyl (C=O) groups excluding carboxylic acids is 1. The zero-order valence-corrected chi connectivity index (χ0v) is 16.1. The zero-order valence-electron chi connectivity index (χ0n) is 14.4.